The topological polar surface area (TPSA) is 108 Å². The van der Waals surface area contributed by atoms with Gasteiger partial charge in [-0.2, -0.15) is 0 Å². The Hall–Kier alpha value is -3.33. The van der Waals surface area contributed by atoms with Gasteiger partial charge in [0.15, 0.2) is 0 Å². The van der Waals surface area contributed by atoms with E-state index in [-0.39, 0.29) is 17.9 Å². The van der Waals surface area contributed by atoms with Gasteiger partial charge in [-0.25, -0.2) is 4.79 Å². The first-order chi connectivity index (χ1) is 20.5. The number of fused-ring (bicyclic) bond motifs is 4. The first-order valence-electron chi connectivity index (χ1n) is 15.6. The minimum atomic E-state index is -0.936. The fourth-order valence-corrected chi connectivity index (χ4v) is 7.87. The van der Waals surface area contributed by atoms with Crippen molar-refractivity contribution in [1.29, 1.82) is 0 Å². The van der Waals surface area contributed by atoms with E-state index in [1.807, 2.05) is 81.4 Å². The van der Waals surface area contributed by atoms with E-state index < -0.39 is 16.8 Å². The Balaban J connectivity index is 0.000000147. The van der Waals surface area contributed by atoms with Crippen LogP contribution in [0.15, 0.2) is 69.5 Å². The van der Waals surface area contributed by atoms with Crippen molar-refractivity contribution >= 4 is 28.0 Å². The second-order valence-corrected chi connectivity index (χ2v) is 14.3. The molecule has 3 N–H and O–H groups in total. The van der Waals surface area contributed by atoms with Crippen molar-refractivity contribution in [2.45, 2.75) is 63.3 Å². The van der Waals surface area contributed by atoms with Crippen LogP contribution in [0.4, 0.5) is 4.79 Å². The summed E-state index contributed by atoms with van der Waals surface area (Å²) in [4.78, 5) is 14.0. The fourth-order valence-electron chi connectivity index (χ4n) is 7.87. The van der Waals surface area contributed by atoms with Gasteiger partial charge < -0.3 is 34.0 Å². The van der Waals surface area contributed by atoms with Crippen molar-refractivity contribution in [3.8, 4) is 0 Å². The fraction of sp³-hybridized carbons (Fsp3) is 0.514. The van der Waals surface area contributed by atoms with E-state index in [9.17, 15) is 15.0 Å². The van der Waals surface area contributed by atoms with Crippen LogP contribution in [0.5, 0.6) is 0 Å². The molecule has 8 rings (SSSR count). The molecule has 2 aromatic carbocycles. The maximum atomic E-state index is 12.3. The number of hydrogen-bond acceptors (Lipinski definition) is 7. The molecule has 0 radical (unpaired) electrons. The van der Waals surface area contributed by atoms with Gasteiger partial charge in [0.25, 0.3) is 0 Å². The molecule has 2 aromatic heterocycles. The summed E-state index contributed by atoms with van der Waals surface area (Å²) >= 11 is 0. The molecular formula is C35H42N2O6. The standard InChI is InChI=1S/C20H25NO4.C15H17NO2/c1-19(2,3)25-18(22)21-11-14-9-20(23,10-15(14)12-21)17-8-13-6-4-5-7-16(13)24-17;17-15(6-11-8-16-9-12(11)7-15)14-5-10-3-1-2-4-13(10)18-14/h4-8,14-15,23H,9-12H2,1-3H3;1-5,11-12,16-17H,6-9H2. The second kappa shape index (κ2) is 10.4. The molecule has 4 aromatic rings. The van der Waals surface area contributed by atoms with E-state index in [1.54, 1.807) is 4.90 Å². The molecule has 4 atom stereocenters. The number of rotatable bonds is 2. The summed E-state index contributed by atoms with van der Waals surface area (Å²) in [6.45, 7) is 8.98. The predicted molar refractivity (Wildman–Crippen MR) is 163 cm³/mol. The number of amides is 1. The molecule has 4 heterocycles. The van der Waals surface area contributed by atoms with Crippen molar-refractivity contribution in [3.05, 3.63) is 72.2 Å². The molecule has 4 unspecified atom stereocenters. The molecule has 4 aliphatic rings. The van der Waals surface area contributed by atoms with Crippen molar-refractivity contribution < 1.29 is 28.6 Å². The number of carbonyl (C=O) groups excluding carboxylic acids is 1. The first kappa shape index (κ1) is 28.4. The zero-order valence-electron chi connectivity index (χ0n) is 25.2. The number of furan rings is 2. The number of carbonyl (C=O) groups is 1. The lowest BCUT2D eigenvalue weighted by atomic mass is 9.96. The Kier molecular flexibility index (Phi) is 6.87. The van der Waals surface area contributed by atoms with Crippen LogP contribution in [0, 0.1) is 23.7 Å². The number of ether oxygens (including phenoxy) is 1. The Morgan fingerprint density at radius 3 is 1.67 bits per heavy atom. The largest absolute Gasteiger partial charge is 0.458 e. The van der Waals surface area contributed by atoms with Crippen LogP contribution in [0.2, 0.25) is 0 Å². The SMILES string of the molecule is CC(C)(C)OC(=O)N1CC2CC(O)(c3cc4ccccc4o3)CC2C1.OC1(c2cc3ccccc3o2)CC2CNCC2C1. The summed E-state index contributed by atoms with van der Waals surface area (Å²) in [5.74, 6) is 3.16. The minimum Gasteiger partial charge on any atom is -0.458 e. The number of para-hydroxylation sites is 2. The normalized spacial score (nSPS) is 31.7. The molecule has 2 aliphatic heterocycles. The molecule has 8 nitrogen and oxygen atoms in total. The molecule has 8 heteroatoms. The zero-order chi connectivity index (χ0) is 30.0. The maximum absolute atomic E-state index is 12.3. The van der Waals surface area contributed by atoms with Gasteiger partial charge in [0.1, 0.15) is 39.5 Å². The van der Waals surface area contributed by atoms with E-state index >= 15 is 0 Å². The first-order valence-corrected chi connectivity index (χ1v) is 15.6. The molecule has 0 spiro atoms. The third-order valence-corrected chi connectivity index (χ3v) is 9.88. The summed E-state index contributed by atoms with van der Waals surface area (Å²) < 4.78 is 17.2. The third-order valence-electron chi connectivity index (χ3n) is 9.88. The van der Waals surface area contributed by atoms with Gasteiger partial charge in [-0.05, 0) is 107 Å². The van der Waals surface area contributed by atoms with Crippen LogP contribution in [0.1, 0.15) is 58.0 Å². The van der Waals surface area contributed by atoms with E-state index in [0.29, 0.717) is 43.5 Å². The van der Waals surface area contributed by atoms with Crippen LogP contribution >= 0.6 is 0 Å². The van der Waals surface area contributed by atoms with Crippen LogP contribution in [-0.2, 0) is 15.9 Å². The van der Waals surface area contributed by atoms with Crippen LogP contribution in [-0.4, -0.2) is 53.0 Å². The van der Waals surface area contributed by atoms with Crippen molar-refractivity contribution in [2.75, 3.05) is 26.2 Å². The summed E-state index contributed by atoms with van der Waals surface area (Å²) in [5, 5.41) is 27.5. The highest BCUT2D eigenvalue weighted by molar-refractivity contribution is 5.78. The predicted octanol–water partition coefficient (Wildman–Crippen LogP) is 6.15. The van der Waals surface area contributed by atoms with Crippen molar-refractivity contribution in [2.24, 2.45) is 23.7 Å². The molecule has 1 amide bonds. The molecule has 228 valence electrons. The quantitative estimate of drug-likeness (QED) is 0.259. The summed E-state index contributed by atoms with van der Waals surface area (Å²) in [6, 6.07) is 19.7. The lowest BCUT2D eigenvalue weighted by Gasteiger charge is -2.27. The van der Waals surface area contributed by atoms with Gasteiger partial charge in [0, 0.05) is 23.9 Å². The van der Waals surface area contributed by atoms with Crippen LogP contribution in [0.3, 0.4) is 0 Å². The number of hydrogen-bond donors (Lipinski definition) is 3. The number of nitrogens with zero attached hydrogens (tertiary/aromatic N) is 1. The molecule has 2 saturated heterocycles. The van der Waals surface area contributed by atoms with Crippen LogP contribution < -0.4 is 5.32 Å². The summed E-state index contributed by atoms with van der Waals surface area (Å²) in [6.07, 6.45) is 2.64. The molecule has 4 fully saturated rings. The molecule has 2 aliphatic carbocycles. The summed E-state index contributed by atoms with van der Waals surface area (Å²) in [7, 11) is 0. The number of likely N-dealkylation sites (tertiary alicyclic amines) is 1. The van der Waals surface area contributed by atoms with E-state index in [4.69, 9.17) is 13.6 Å². The lowest BCUT2D eigenvalue weighted by molar-refractivity contribution is 0.00468. The third kappa shape index (κ3) is 5.45. The van der Waals surface area contributed by atoms with Gasteiger partial charge in [-0.15, -0.1) is 0 Å². The maximum Gasteiger partial charge on any atom is 0.410 e. The number of benzene rings is 2. The second-order valence-electron chi connectivity index (χ2n) is 14.3. The average Bonchev–Trinajstić information content (AvgIpc) is 3.76. The number of nitrogens with one attached hydrogen (secondary N) is 1. The van der Waals surface area contributed by atoms with Gasteiger partial charge in [0.2, 0.25) is 0 Å². The average molecular weight is 587 g/mol. The van der Waals surface area contributed by atoms with Crippen molar-refractivity contribution in [1.82, 2.24) is 10.2 Å². The minimum absolute atomic E-state index is 0.255. The summed E-state index contributed by atoms with van der Waals surface area (Å²) in [5.41, 5.74) is -0.497. The Morgan fingerprint density at radius 1 is 0.791 bits per heavy atom. The van der Waals surface area contributed by atoms with E-state index in [1.165, 1.54) is 0 Å². The Bertz CT molecular complexity index is 1540. The van der Waals surface area contributed by atoms with Gasteiger partial charge in [-0.1, -0.05) is 36.4 Å². The van der Waals surface area contributed by atoms with E-state index in [0.717, 1.165) is 53.6 Å². The highest BCUT2D eigenvalue weighted by Gasteiger charge is 2.52. The lowest BCUT2D eigenvalue weighted by Crippen LogP contribution is -2.37. The monoisotopic (exact) mass is 586 g/mol. The highest BCUT2D eigenvalue weighted by atomic mass is 16.6. The van der Waals surface area contributed by atoms with Crippen molar-refractivity contribution in [3.63, 3.8) is 0 Å². The van der Waals surface area contributed by atoms with Crippen LogP contribution in [0.25, 0.3) is 21.9 Å². The smallest absolute Gasteiger partial charge is 0.410 e. The van der Waals surface area contributed by atoms with Gasteiger partial charge >= 0.3 is 6.09 Å². The van der Waals surface area contributed by atoms with E-state index in [2.05, 4.69) is 5.32 Å². The number of aliphatic hydroxyl groups is 2. The molecule has 2 saturated carbocycles. The highest BCUT2D eigenvalue weighted by Crippen LogP contribution is 2.50. The molecule has 43 heavy (non-hydrogen) atoms. The Labute approximate surface area is 252 Å². The zero-order valence-corrected chi connectivity index (χ0v) is 25.2. The van der Waals surface area contributed by atoms with Gasteiger partial charge in [-0.3, -0.25) is 0 Å². The molecular weight excluding hydrogens is 544 g/mol. The van der Waals surface area contributed by atoms with Gasteiger partial charge in [0.05, 0.1) is 0 Å². The molecule has 0 bridgehead atoms. The Morgan fingerprint density at radius 2 is 1.23 bits per heavy atom.